The first-order valence-electron chi connectivity index (χ1n) is 7.08. The minimum absolute atomic E-state index is 0.494. The van der Waals surface area contributed by atoms with Gasteiger partial charge < -0.3 is 50.0 Å². The van der Waals surface area contributed by atoms with Crippen molar-refractivity contribution in [3.05, 3.63) is 0 Å². The van der Waals surface area contributed by atoms with Crippen molar-refractivity contribution in [2.45, 2.75) is 60.6 Å². The van der Waals surface area contributed by atoms with Crippen molar-refractivity contribution < 1.29 is 50.0 Å². The van der Waals surface area contributed by atoms with Crippen molar-refractivity contribution in [2.75, 3.05) is 13.2 Å². The first kappa shape index (κ1) is 19.3. The molecule has 0 aliphatic carbocycles. The molecule has 0 amide bonds. The van der Waals surface area contributed by atoms with E-state index in [1.54, 1.807) is 0 Å². The zero-order chi connectivity index (χ0) is 17.3. The number of hydrogen-bond acceptors (Lipinski definition) is 11. The van der Waals surface area contributed by atoms with E-state index in [4.69, 9.17) is 14.2 Å². The highest BCUT2D eigenvalue weighted by Gasteiger charge is 2.49. The smallest absolute Gasteiger partial charge is 0.187 e. The zero-order valence-electron chi connectivity index (χ0n) is 12.0. The largest absolute Gasteiger partial charge is 0.394 e. The molecule has 0 aromatic heterocycles. The lowest BCUT2D eigenvalue weighted by atomic mass is 9.98. The molecule has 0 unspecified atom stereocenters. The van der Waals surface area contributed by atoms with Crippen LogP contribution in [-0.2, 0) is 14.2 Å². The molecule has 2 aliphatic heterocycles. The highest BCUT2D eigenvalue weighted by Crippen LogP contribution is 2.29. The van der Waals surface area contributed by atoms with Gasteiger partial charge in [-0.05, 0) is 0 Å². The van der Waals surface area contributed by atoms with Crippen LogP contribution in [0.15, 0.2) is 0 Å². The van der Waals surface area contributed by atoms with Gasteiger partial charge in [0.25, 0.3) is 0 Å². The van der Waals surface area contributed by atoms with E-state index >= 15 is 0 Å². The minimum atomic E-state index is -1.71. The molecule has 0 aromatic carbocycles. The molecule has 0 bridgehead atoms. The van der Waals surface area contributed by atoms with Crippen molar-refractivity contribution >= 4 is 12.6 Å². The van der Waals surface area contributed by atoms with Crippen LogP contribution in [0.4, 0.5) is 0 Å². The molecule has 0 saturated carbocycles. The van der Waals surface area contributed by atoms with Crippen LogP contribution in [0.2, 0.25) is 0 Å². The van der Waals surface area contributed by atoms with Crippen molar-refractivity contribution in [1.29, 1.82) is 0 Å². The van der Waals surface area contributed by atoms with Crippen LogP contribution in [-0.4, -0.2) is 110 Å². The molecular weight excluding hydrogens is 336 g/mol. The number of aliphatic hydroxyl groups is 7. The van der Waals surface area contributed by atoms with Gasteiger partial charge in [0, 0.05) is 0 Å². The van der Waals surface area contributed by atoms with E-state index in [1.807, 2.05) is 0 Å². The topological polar surface area (TPSA) is 169 Å². The number of ether oxygens (including phenoxy) is 3. The molecule has 0 aromatic rings. The van der Waals surface area contributed by atoms with Gasteiger partial charge in [0.2, 0.25) is 0 Å². The second-order valence-electron chi connectivity index (χ2n) is 5.53. The lowest BCUT2D eigenvalue weighted by Crippen LogP contribution is -2.63. The monoisotopic (exact) mass is 358 g/mol. The summed E-state index contributed by atoms with van der Waals surface area (Å²) in [5, 5.41) is 66.5. The summed E-state index contributed by atoms with van der Waals surface area (Å²) in [6.07, 6.45) is -12.9. The van der Waals surface area contributed by atoms with Crippen LogP contribution in [0.25, 0.3) is 0 Å². The normalized spacial score (nSPS) is 51.7. The molecule has 2 aliphatic rings. The predicted molar refractivity (Wildman–Crippen MR) is 75.4 cm³/mol. The number of aliphatic hydroxyl groups excluding tert-OH is 7. The Kier molecular flexibility index (Phi) is 6.61. The first-order chi connectivity index (χ1) is 10.8. The molecule has 23 heavy (non-hydrogen) atoms. The maximum atomic E-state index is 9.99. The summed E-state index contributed by atoms with van der Waals surface area (Å²) in [5.41, 5.74) is 0. The Bertz CT molecular complexity index is 383. The predicted octanol–water partition coefficient (Wildman–Crippen LogP) is -4.46. The van der Waals surface area contributed by atoms with E-state index in [-0.39, 0.29) is 0 Å². The summed E-state index contributed by atoms with van der Waals surface area (Å²) >= 11 is 4.04. The van der Waals surface area contributed by atoms with E-state index < -0.39 is 73.8 Å². The van der Waals surface area contributed by atoms with Crippen LogP contribution < -0.4 is 0 Å². The van der Waals surface area contributed by atoms with Gasteiger partial charge >= 0.3 is 0 Å². The Balaban J connectivity index is 2.11. The summed E-state index contributed by atoms with van der Waals surface area (Å²) < 4.78 is 15.5. The highest BCUT2D eigenvalue weighted by molar-refractivity contribution is 7.81. The summed E-state index contributed by atoms with van der Waals surface area (Å²) in [5.74, 6) is 0. The molecule has 0 radical (unpaired) electrons. The zero-order valence-corrected chi connectivity index (χ0v) is 12.9. The van der Waals surface area contributed by atoms with Gasteiger partial charge in [0.1, 0.15) is 30.5 Å². The van der Waals surface area contributed by atoms with Crippen LogP contribution in [0, 0.1) is 0 Å². The lowest BCUT2D eigenvalue weighted by molar-refractivity contribution is -0.343. The SMILES string of the molecule is OC[C@H]1O[C@@H](O[C@H]2[C@H](O)[C@@H](O)[C@H](O)O[C@@H]2CO)[C@H](O)[C@@H](O)[C@@H]1S. The van der Waals surface area contributed by atoms with Crippen LogP contribution in [0.3, 0.4) is 0 Å². The molecule has 11 heteroatoms. The summed E-state index contributed by atoms with van der Waals surface area (Å²) in [6, 6.07) is 0. The number of thiol groups is 1. The average Bonchev–Trinajstić information content (AvgIpc) is 2.55. The van der Waals surface area contributed by atoms with Crippen molar-refractivity contribution in [2.24, 2.45) is 0 Å². The summed E-state index contributed by atoms with van der Waals surface area (Å²) in [7, 11) is 0. The first-order valence-corrected chi connectivity index (χ1v) is 7.60. The quantitative estimate of drug-likeness (QED) is 0.229. The standard InChI is InChI=1S/C12H22O10S/c13-1-3-9(5(15)7(17)11(19)20-3)22-12-8(18)6(16)10(23)4(2-14)21-12/h3-19,23H,1-2H2/t3-,4-,5-,6-,7-,8-,9-,10-,11-,12+/m1/s1. The van der Waals surface area contributed by atoms with Crippen LogP contribution >= 0.6 is 12.6 Å². The molecule has 10 nitrogen and oxygen atoms in total. The third-order valence-electron chi connectivity index (χ3n) is 3.98. The number of rotatable bonds is 4. The maximum Gasteiger partial charge on any atom is 0.187 e. The van der Waals surface area contributed by atoms with Crippen LogP contribution in [0.5, 0.6) is 0 Å². The molecule has 2 saturated heterocycles. The fourth-order valence-electron chi connectivity index (χ4n) is 2.57. The number of hydrogen-bond donors (Lipinski definition) is 8. The van der Waals surface area contributed by atoms with Gasteiger partial charge in [-0.15, -0.1) is 0 Å². The van der Waals surface area contributed by atoms with Crippen molar-refractivity contribution in [3.8, 4) is 0 Å². The molecule has 2 fully saturated rings. The van der Waals surface area contributed by atoms with Gasteiger partial charge in [0.15, 0.2) is 12.6 Å². The van der Waals surface area contributed by atoms with Gasteiger partial charge in [-0.3, -0.25) is 0 Å². The van der Waals surface area contributed by atoms with E-state index in [9.17, 15) is 35.7 Å². The summed E-state index contributed by atoms with van der Waals surface area (Å²) in [4.78, 5) is 0. The molecule has 2 heterocycles. The van der Waals surface area contributed by atoms with E-state index in [0.717, 1.165) is 0 Å². The second-order valence-corrected chi connectivity index (χ2v) is 6.12. The maximum absolute atomic E-state index is 9.99. The highest BCUT2D eigenvalue weighted by atomic mass is 32.1. The fraction of sp³-hybridized carbons (Fsp3) is 1.00. The third-order valence-corrected chi connectivity index (χ3v) is 4.62. The van der Waals surface area contributed by atoms with Crippen molar-refractivity contribution in [3.63, 3.8) is 0 Å². The van der Waals surface area contributed by atoms with Gasteiger partial charge in [-0.1, -0.05) is 0 Å². The third kappa shape index (κ3) is 3.80. The second kappa shape index (κ2) is 7.89. The molecule has 7 N–H and O–H groups in total. The molecule has 10 atom stereocenters. The van der Waals surface area contributed by atoms with E-state index in [2.05, 4.69) is 12.6 Å². The Hall–Kier alpha value is -0.0500. The van der Waals surface area contributed by atoms with Crippen molar-refractivity contribution in [1.82, 2.24) is 0 Å². The average molecular weight is 358 g/mol. The lowest BCUT2D eigenvalue weighted by Gasteiger charge is -2.45. The van der Waals surface area contributed by atoms with Gasteiger partial charge in [-0.2, -0.15) is 12.6 Å². The Morgan fingerprint density at radius 1 is 0.783 bits per heavy atom. The Morgan fingerprint density at radius 3 is 1.96 bits per heavy atom. The molecule has 2 rings (SSSR count). The Labute approximate surface area is 137 Å². The van der Waals surface area contributed by atoms with Gasteiger partial charge in [0.05, 0.1) is 30.7 Å². The molecular formula is C12H22O10S. The molecule has 0 spiro atoms. The van der Waals surface area contributed by atoms with E-state index in [0.29, 0.717) is 0 Å². The summed E-state index contributed by atoms with van der Waals surface area (Å²) in [6.45, 7) is -1.14. The van der Waals surface area contributed by atoms with E-state index in [1.165, 1.54) is 0 Å². The fourth-order valence-corrected chi connectivity index (χ4v) is 2.91. The van der Waals surface area contributed by atoms with Crippen LogP contribution in [0.1, 0.15) is 0 Å². The van der Waals surface area contributed by atoms with Gasteiger partial charge in [-0.25, -0.2) is 0 Å². The Morgan fingerprint density at radius 2 is 1.39 bits per heavy atom. The molecule has 136 valence electrons. The minimum Gasteiger partial charge on any atom is -0.394 e.